The van der Waals surface area contributed by atoms with Crippen LogP contribution in [0, 0.1) is 22.9 Å². The molecule has 4 nitrogen and oxygen atoms in total. The first-order valence-corrected chi connectivity index (χ1v) is 5.33. The fraction of sp³-hybridized carbons (Fsp3) is 0.0769. The van der Waals surface area contributed by atoms with Crippen molar-refractivity contribution < 1.29 is 13.7 Å². The van der Waals surface area contributed by atoms with E-state index in [1.165, 1.54) is 6.07 Å². The maximum atomic E-state index is 13.4. The number of nitro groups is 1. The van der Waals surface area contributed by atoms with Gasteiger partial charge in [0.15, 0.2) is 0 Å². The van der Waals surface area contributed by atoms with E-state index in [4.69, 9.17) is 4.42 Å². The summed E-state index contributed by atoms with van der Waals surface area (Å²) in [7, 11) is 0. The quantitative estimate of drug-likeness (QED) is 0.482. The summed E-state index contributed by atoms with van der Waals surface area (Å²) in [4.78, 5) is 10.3. The van der Waals surface area contributed by atoms with Crippen LogP contribution in [0.5, 0.6) is 0 Å². The maximum Gasteiger partial charge on any atom is 0.315 e. The smallest absolute Gasteiger partial charge is 0.315 e. The molecule has 2 aromatic carbocycles. The zero-order chi connectivity index (χ0) is 12.9. The van der Waals surface area contributed by atoms with Crippen LogP contribution < -0.4 is 0 Å². The predicted molar refractivity (Wildman–Crippen MR) is 65.1 cm³/mol. The van der Waals surface area contributed by atoms with Gasteiger partial charge in [0.25, 0.3) is 0 Å². The van der Waals surface area contributed by atoms with Crippen molar-refractivity contribution in [1.82, 2.24) is 0 Å². The Bertz CT molecular complexity index is 792. The summed E-state index contributed by atoms with van der Waals surface area (Å²) in [5.41, 5.74) is 1.27. The molecule has 0 fully saturated rings. The van der Waals surface area contributed by atoms with Crippen molar-refractivity contribution in [2.24, 2.45) is 0 Å². The molecule has 0 N–H and O–H groups in total. The Kier molecular flexibility index (Phi) is 2.10. The molecule has 0 bridgehead atoms. The van der Waals surface area contributed by atoms with Gasteiger partial charge in [0, 0.05) is 10.8 Å². The molecule has 1 aromatic heterocycles. The molecule has 0 aliphatic heterocycles. The molecule has 0 saturated carbocycles. The molecule has 1 heterocycles. The lowest BCUT2D eigenvalue weighted by molar-refractivity contribution is -0.383. The van der Waals surface area contributed by atoms with Crippen LogP contribution >= 0.6 is 0 Å². The highest BCUT2D eigenvalue weighted by Crippen LogP contribution is 2.35. The van der Waals surface area contributed by atoms with Crippen LogP contribution in [0.2, 0.25) is 0 Å². The standard InChI is InChI=1S/C13H8FNO3/c1-7-2-3-9-10-5-8(14)6-11(15(16)17)13(10)18-12(9)4-7/h2-6H,1H3. The number of hydrogen-bond donors (Lipinski definition) is 0. The number of furan rings is 1. The molecule has 0 aliphatic carbocycles. The highest BCUT2D eigenvalue weighted by atomic mass is 19.1. The molecule has 0 radical (unpaired) electrons. The van der Waals surface area contributed by atoms with E-state index in [0.29, 0.717) is 16.4 Å². The Morgan fingerprint density at radius 2 is 2.00 bits per heavy atom. The first-order chi connectivity index (χ1) is 8.56. The van der Waals surface area contributed by atoms with E-state index in [-0.39, 0.29) is 11.3 Å². The second-order valence-corrected chi connectivity index (χ2v) is 4.16. The fourth-order valence-electron chi connectivity index (χ4n) is 2.07. The lowest BCUT2D eigenvalue weighted by atomic mass is 10.1. The van der Waals surface area contributed by atoms with Crippen LogP contribution in [0.25, 0.3) is 21.9 Å². The van der Waals surface area contributed by atoms with E-state index in [1.807, 2.05) is 13.0 Å². The van der Waals surface area contributed by atoms with Gasteiger partial charge in [-0.3, -0.25) is 10.1 Å². The molecule has 0 unspecified atom stereocenters. The molecule has 0 atom stereocenters. The molecular weight excluding hydrogens is 237 g/mol. The second-order valence-electron chi connectivity index (χ2n) is 4.16. The predicted octanol–water partition coefficient (Wildman–Crippen LogP) is 3.94. The lowest BCUT2D eigenvalue weighted by Gasteiger charge is -1.93. The minimum Gasteiger partial charge on any atom is -0.449 e. The van der Waals surface area contributed by atoms with Crippen LogP contribution in [-0.4, -0.2) is 4.92 Å². The van der Waals surface area contributed by atoms with Crippen molar-refractivity contribution >= 4 is 27.6 Å². The Labute approximate surface area is 101 Å². The minimum absolute atomic E-state index is 0.113. The van der Waals surface area contributed by atoms with Gasteiger partial charge in [0.2, 0.25) is 5.58 Å². The topological polar surface area (TPSA) is 56.3 Å². The van der Waals surface area contributed by atoms with Gasteiger partial charge in [-0.2, -0.15) is 0 Å². The number of nitrogens with zero attached hydrogens (tertiary/aromatic N) is 1. The van der Waals surface area contributed by atoms with E-state index < -0.39 is 10.7 Å². The molecule has 3 rings (SSSR count). The van der Waals surface area contributed by atoms with Crippen molar-refractivity contribution in [3.8, 4) is 0 Å². The summed E-state index contributed by atoms with van der Waals surface area (Å²) >= 11 is 0. The summed E-state index contributed by atoms with van der Waals surface area (Å²) in [6.07, 6.45) is 0. The van der Waals surface area contributed by atoms with Gasteiger partial charge >= 0.3 is 5.69 Å². The van der Waals surface area contributed by atoms with Crippen molar-refractivity contribution in [3.05, 3.63) is 51.8 Å². The fourth-order valence-corrected chi connectivity index (χ4v) is 2.07. The van der Waals surface area contributed by atoms with Gasteiger partial charge in [0.05, 0.1) is 11.0 Å². The van der Waals surface area contributed by atoms with E-state index >= 15 is 0 Å². The van der Waals surface area contributed by atoms with Crippen molar-refractivity contribution in [2.75, 3.05) is 0 Å². The Balaban J connectivity index is 2.52. The number of aryl methyl sites for hydroxylation is 1. The molecular formula is C13H8FNO3. The Morgan fingerprint density at radius 3 is 2.72 bits per heavy atom. The minimum atomic E-state index is -0.641. The molecule has 0 amide bonds. The average Bonchev–Trinajstić information content (AvgIpc) is 2.65. The number of rotatable bonds is 1. The third kappa shape index (κ3) is 1.44. The van der Waals surface area contributed by atoms with Crippen LogP contribution in [0.15, 0.2) is 34.7 Å². The number of non-ortho nitro benzene ring substituents is 1. The van der Waals surface area contributed by atoms with Crippen molar-refractivity contribution in [2.45, 2.75) is 6.92 Å². The highest BCUT2D eigenvalue weighted by molar-refractivity contribution is 6.07. The average molecular weight is 245 g/mol. The monoisotopic (exact) mass is 245 g/mol. The third-order valence-electron chi connectivity index (χ3n) is 2.87. The van der Waals surface area contributed by atoms with Crippen LogP contribution in [0.1, 0.15) is 5.56 Å². The molecule has 18 heavy (non-hydrogen) atoms. The van der Waals surface area contributed by atoms with E-state index in [0.717, 1.165) is 11.6 Å². The molecule has 0 spiro atoms. The SMILES string of the molecule is Cc1ccc2c(c1)oc1c([N+](=O)[O-])cc(F)cc12. The molecule has 5 heteroatoms. The summed E-state index contributed by atoms with van der Waals surface area (Å²) in [5.74, 6) is -0.641. The second kappa shape index (κ2) is 3.53. The first-order valence-electron chi connectivity index (χ1n) is 5.33. The number of halogens is 1. The number of fused-ring (bicyclic) bond motifs is 3. The maximum absolute atomic E-state index is 13.4. The molecule has 90 valence electrons. The summed E-state index contributed by atoms with van der Waals surface area (Å²) in [6, 6.07) is 7.53. The van der Waals surface area contributed by atoms with Gasteiger partial charge in [-0.15, -0.1) is 0 Å². The third-order valence-corrected chi connectivity index (χ3v) is 2.87. The Hall–Kier alpha value is -2.43. The van der Waals surface area contributed by atoms with Gasteiger partial charge in [-0.25, -0.2) is 4.39 Å². The van der Waals surface area contributed by atoms with Gasteiger partial charge in [0.1, 0.15) is 11.4 Å². The van der Waals surface area contributed by atoms with Gasteiger partial charge in [-0.05, 0) is 24.6 Å². The summed E-state index contributed by atoms with van der Waals surface area (Å²) < 4.78 is 18.9. The first kappa shape index (κ1) is 10.7. The number of benzene rings is 2. The van der Waals surface area contributed by atoms with Crippen LogP contribution in [0.3, 0.4) is 0 Å². The molecule has 0 aliphatic rings. The van der Waals surface area contributed by atoms with Gasteiger partial charge < -0.3 is 4.42 Å². The molecule has 0 saturated heterocycles. The number of nitro benzene ring substituents is 1. The zero-order valence-electron chi connectivity index (χ0n) is 9.44. The lowest BCUT2D eigenvalue weighted by Crippen LogP contribution is -1.89. The summed E-state index contributed by atoms with van der Waals surface area (Å²) in [5, 5.41) is 12.0. The van der Waals surface area contributed by atoms with Crippen LogP contribution in [-0.2, 0) is 0 Å². The van der Waals surface area contributed by atoms with E-state index in [1.54, 1.807) is 12.1 Å². The van der Waals surface area contributed by atoms with Crippen LogP contribution in [0.4, 0.5) is 10.1 Å². The Morgan fingerprint density at radius 1 is 1.22 bits per heavy atom. The van der Waals surface area contributed by atoms with Crippen molar-refractivity contribution in [3.63, 3.8) is 0 Å². The van der Waals surface area contributed by atoms with Crippen molar-refractivity contribution in [1.29, 1.82) is 0 Å². The van der Waals surface area contributed by atoms with Gasteiger partial charge in [-0.1, -0.05) is 12.1 Å². The number of hydrogen-bond acceptors (Lipinski definition) is 3. The highest BCUT2D eigenvalue weighted by Gasteiger charge is 2.20. The summed E-state index contributed by atoms with van der Waals surface area (Å²) in [6.45, 7) is 1.89. The largest absolute Gasteiger partial charge is 0.449 e. The zero-order valence-corrected chi connectivity index (χ0v) is 9.44. The van der Waals surface area contributed by atoms with E-state index in [2.05, 4.69) is 0 Å². The normalized spacial score (nSPS) is 11.2. The molecule has 3 aromatic rings. The van der Waals surface area contributed by atoms with E-state index in [9.17, 15) is 14.5 Å².